The van der Waals surface area contributed by atoms with Gasteiger partial charge in [0.2, 0.25) is 10.0 Å². The SMILES string of the molecule is CC(C)(C)CCN1C(=O)C(C2=NS(=O)(=O)c3cc(NS(C)(=O)=O)ccc3N2)=C(O)[C@@H]2C3CCC(CC3)[C@@H]21. The third kappa shape index (κ3) is 4.85. The largest absolute Gasteiger partial charge is 0.511 e. The third-order valence-electron chi connectivity index (χ3n) is 7.95. The Balaban J connectivity index is 1.56. The number of hydrogen-bond acceptors (Lipinski definition) is 7. The lowest BCUT2D eigenvalue weighted by Gasteiger charge is -2.55. The van der Waals surface area contributed by atoms with Crippen LogP contribution in [0.25, 0.3) is 0 Å². The third-order valence-corrected chi connectivity index (χ3v) is 9.87. The van der Waals surface area contributed by atoms with E-state index in [9.17, 15) is 26.7 Å². The summed E-state index contributed by atoms with van der Waals surface area (Å²) in [5, 5.41) is 14.4. The summed E-state index contributed by atoms with van der Waals surface area (Å²) in [5.74, 6) is -0.371. The number of carbonyl (C=O) groups excluding carboxylic acids is 1. The molecule has 1 aromatic carbocycles. The zero-order valence-electron chi connectivity index (χ0n) is 21.5. The zero-order valence-corrected chi connectivity index (χ0v) is 23.1. The highest BCUT2D eigenvalue weighted by Crippen LogP contribution is 2.52. The van der Waals surface area contributed by atoms with Gasteiger partial charge in [-0.3, -0.25) is 9.52 Å². The van der Waals surface area contributed by atoms with Crippen LogP contribution in [0.15, 0.2) is 38.8 Å². The zero-order chi connectivity index (χ0) is 26.9. The molecule has 0 spiro atoms. The van der Waals surface area contributed by atoms with Crippen LogP contribution in [0.4, 0.5) is 11.4 Å². The standard InChI is InChI=1S/C25H34N4O6S2/c1-25(2,3)11-12-29-21-15-7-5-14(6-8-15)19(21)22(30)20(24(29)31)23-26-17-10-9-16(27-36(4,32)33)13-18(17)37(34,35)28-23/h9-10,13-15,19,21,27,30H,5-8,11-12H2,1-4H3,(H,26,28)/t14?,15?,19-,21+/m1/s1. The highest BCUT2D eigenvalue weighted by molar-refractivity contribution is 7.92. The number of aliphatic hydroxyl groups is 1. The number of rotatable bonds is 5. The molecule has 2 atom stereocenters. The Bertz CT molecular complexity index is 1420. The van der Waals surface area contributed by atoms with E-state index < -0.39 is 26.0 Å². The van der Waals surface area contributed by atoms with E-state index >= 15 is 0 Å². The van der Waals surface area contributed by atoms with E-state index in [1.165, 1.54) is 18.2 Å². The van der Waals surface area contributed by atoms with Gasteiger partial charge in [0.1, 0.15) is 16.2 Å². The summed E-state index contributed by atoms with van der Waals surface area (Å²) in [4.78, 5) is 15.6. The first-order valence-corrected chi connectivity index (χ1v) is 16.0. The number of fused-ring (bicyclic) bond motifs is 3. The monoisotopic (exact) mass is 550 g/mol. The van der Waals surface area contributed by atoms with Crippen molar-refractivity contribution in [2.24, 2.45) is 27.6 Å². The van der Waals surface area contributed by atoms with Crippen molar-refractivity contribution < 1.29 is 26.7 Å². The van der Waals surface area contributed by atoms with E-state index in [2.05, 4.69) is 35.2 Å². The number of anilines is 2. The van der Waals surface area contributed by atoms with Crippen LogP contribution in [0.5, 0.6) is 0 Å². The van der Waals surface area contributed by atoms with E-state index in [1.54, 1.807) is 0 Å². The van der Waals surface area contributed by atoms with Crippen molar-refractivity contribution in [1.82, 2.24) is 4.90 Å². The highest BCUT2D eigenvalue weighted by Gasteiger charge is 2.54. The second-order valence-electron chi connectivity index (χ2n) is 11.9. The first kappa shape index (κ1) is 26.0. The molecule has 202 valence electrons. The molecule has 37 heavy (non-hydrogen) atoms. The molecule has 2 aliphatic heterocycles. The van der Waals surface area contributed by atoms with Crippen molar-refractivity contribution in [1.29, 1.82) is 0 Å². The van der Waals surface area contributed by atoms with Crippen LogP contribution in [0.2, 0.25) is 0 Å². The van der Waals surface area contributed by atoms with Gasteiger partial charge in [-0.25, -0.2) is 8.42 Å². The van der Waals surface area contributed by atoms with Crippen LogP contribution in [0.3, 0.4) is 0 Å². The van der Waals surface area contributed by atoms with Crippen LogP contribution in [-0.2, 0) is 24.8 Å². The fraction of sp³-hybridized carbons (Fsp3) is 0.600. The number of benzene rings is 1. The normalized spacial score (nSPS) is 28.8. The molecule has 0 unspecified atom stereocenters. The maximum atomic E-state index is 13.9. The quantitative estimate of drug-likeness (QED) is 0.509. The van der Waals surface area contributed by atoms with Crippen LogP contribution in [0.1, 0.15) is 52.9 Å². The van der Waals surface area contributed by atoms with Crippen molar-refractivity contribution in [2.75, 3.05) is 22.8 Å². The predicted octanol–water partition coefficient (Wildman–Crippen LogP) is 3.47. The molecule has 12 heteroatoms. The van der Waals surface area contributed by atoms with Gasteiger partial charge in [-0.2, -0.15) is 8.42 Å². The summed E-state index contributed by atoms with van der Waals surface area (Å²) < 4.78 is 55.7. The van der Waals surface area contributed by atoms with E-state index in [0.717, 1.165) is 38.4 Å². The average molecular weight is 551 g/mol. The molecule has 1 aromatic rings. The molecule has 0 radical (unpaired) electrons. The number of nitrogens with one attached hydrogen (secondary N) is 2. The minimum absolute atomic E-state index is 0.00652. The van der Waals surface area contributed by atoms with Crippen molar-refractivity contribution in [3.63, 3.8) is 0 Å². The fourth-order valence-electron chi connectivity index (χ4n) is 6.28. The number of amides is 1. The van der Waals surface area contributed by atoms with Crippen LogP contribution in [0, 0.1) is 23.2 Å². The van der Waals surface area contributed by atoms with Gasteiger partial charge in [0.05, 0.1) is 11.9 Å². The molecule has 10 nitrogen and oxygen atoms in total. The molecule has 2 bridgehead atoms. The lowest BCUT2D eigenvalue weighted by Crippen LogP contribution is -2.60. The van der Waals surface area contributed by atoms with Crippen LogP contribution in [-0.4, -0.2) is 57.4 Å². The van der Waals surface area contributed by atoms with Gasteiger partial charge >= 0.3 is 0 Å². The molecule has 3 aliphatic carbocycles. The number of nitrogens with zero attached hydrogens (tertiary/aromatic N) is 2. The molecule has 0 saturated heterocycles. The summed E-state index contributed by atoms with van der Waals surface area (Å²) in [5.41, 5.74) is 0.143. The molecular formula is C25H34N4O6S2. The smallest absolute Gasteiger partial charge is 0.286 e. The topological polar surface area (TPSA) is 145 Å². The average Bonchev–Trinajstić information content (AvgIpc) is 2.78. The Kier molecular flexibility index (Phi) is 6.14. The Labute approximate surface area is 218 Å². The molecule has 6 rings (SSSR count). The Morgan fingerprint density at radius 3 is 2.43 bits per heavy atom. The Morgan fingerprint density at radius 1 is 1.16 bits per heavy atom. The van der Waals surface area contributed by atoms with Crippen LogP contribution >= 0.6 is 0 Å². The maximum Gasteiger partial charge on any atom is 0.286 e. The van der Waals surface area contributed by atoms with Gasteiger partial charge in [-0.05, 0) is 67.6 Å². The summed E-state index contributed by atoms with van der Waals surface area (Å²) in [6, 6.07) is 3.93. The van der Waals surface area contributed by atoms with Crippen molar-refractivity contribution >= 4 is 43.2 Å². The number of sulfonamides is 2. The predicted molar refractivity (Wildman–Crippen MR) is 141 cm³/mol. The van der Waals surface area contributed by atoms with Gasteiger partial charge in [-0.1, -0.05) is 20.8 Å². The minimum atomic E-state index is -4.28. The number of carbonyl (C=O) groups is 1. The molecule has 5 aliphatic rings. The maximum absolute atomic E-state index is 13.9. The molecular weight excluding hydrogens is 516 g/mol. The molecule has 3 fully saturated rings. The van der Waals surface area contributed by atoms with Gasteiger partial charge in [0.15, 0.2) is 5.84 Å². The lowest BCUT2D eigenvalue weighted by atomic mass is 9.59. The van der Waals surface area contributed by atoms with E-state index in [0.29, 0.717) is 12.5 Å². The fourth-order valence-corrected chi connectivity index (χ4v) is 7.98. The van der Waals surface area contributed by atoms with Gasteiger partial charge in [0, 0.05) is 24.2 Å². The Hall–Kier alpha value is -2.60. The summed E-state index contributed by atoms with van der Waals surface area (Å²) >= 11 is 0. The van der Waals surface area contributed by atoms with E-state index in [4.69, 9.17) is 0 Å². The second-order valence-corrected chi connectivity index (χ2v) is 15.2. The highest BCUT2D eigenvalue weighted by atomic mass is 32.2. The van der Waals surface area contributed by atoms with Gasteiger partial charge in [0.25, 0.3) is 15.9 Å². The molecule has 3 N–H and O–H groups in total. The van der Waals surface area contributed by atoms with Gasteiger partial charge in [-0.15, -0.1) is 4.40 Å². The number of amidine groups is 1. The van der Waals surface area contributed by atoms with Gasteiger partial charge < -0.3 is 15.3 Å². The molecule has 0 aromatic heterocycles. The summed E-state index contributed by atoms with van der Waals surface area (Å²) in [6.07, 6.45) is 5.74. The van der Waals surface area contributed by atoms with E-state index in [1.807, 2.05) is 4.90 Å². The van der Waals surface area contributed by atoms with Crippen LogP contribution < -0.4 is 10.0 Å². The first-order chi connectivity index (χ1) is 17.1. The van der Waals surface area contributed by atoms with Crippen molar-refractivity contribution in [3.05, 3.63) is 29.5 Å². The number of aliphatic hydroxyl groups excluding tert-OH is 1. The second kappa shape index (κ2) is 8.72. The summed E-state index contributed by atoms with van der Waals surface area (Å²) in [6.45, 7) is 6.86. The molecule has 1 amide bonds. The van der Waals surface area contributed by atoms with Crippen molar-refractivity contribution in [3.8, 4) is 0 Å². The minimum Gasteiger partial charge on any atom is -0.511 e. The van der Waals surface area contributed by atoms with Crippen molar-refractivity contribution in [2.45, 2.75) is 63.8 Å². The van der Waals surface area contributed by atoms with E-state index in [-0.39, 0.29) is 56.7 Å². The lowest BCUT2D eigenvalue weighted by molar-refractivity contribution is -0.139. The first-order valence-electron chi connectivity index (χ1n) is 12.6. The Morgan fingerprint density at radius 2 is 1.81 bits per heavy atom. The number of hydrogen-bond donors (Lipinski definition) is 3. The molecule has 3 saturated carbocycles. The summed E-state index contributed by atoms with van der Waals surface area (Å²) in [7, 11) is -7.90. The molecule has 2 heterocycles.